The molecular formula is C26H55NO. The second kappa shape index (κ2) is 26.9. The van der Waals surface area contributed by atoms with Crippen molar-refractivity contribution in [1.29, 1.82) is 0 Å². The molecule has 0 aromatic carbocycles. The minimum absolute atomic E-state index is 0.263. The Bertz CT molecular complexity index is 231. The number of aliphatic hydroxyl groups excluding tert-OH is 1. The molecule has 0 aliphatic carbocycles. The second-order valence-corrected chi connectivity index (χ2v) is 8.90. The highest BCUT2D eigenvalue weighted by atomic mass is 16.3. The van der Waals surface area contributed by atoms with Gasteiger partial charge in [-0.2, -0.15) is 0 Å². The third-order valence-corrected chi connectivity index (χ3v) is 6.00. The lowest BCUT2D eigenvalue weighted by Crippen LogP contribution is -2.19. The smallest absolute Gasteiger partial charge is 0.0555 e. The fraction of sp³-hybridized carbons (Fsp3) is 1.00. The van der Waals surface area contributed by atoms with Gasteiger partial charge in [-0.05, 0) is 13.0 Å². The zero-order valence-electron chi connectivity index (χ0n) is 19.6. The first-order valence-electron chi connectivity index (χ1n) is 13.2. The van der Waals surface area contributed by atoms with Gasteiger partial charge in [-0.1, -0.05) is 142 Å². The van der Waals surface area contributed by atoms with Crippen molar-refractivity contribution in [3.63, 3.8) is 0 Å². The summed E-state index contributed by atoms with van der Waals surface area (Å²) < 4.78 is 0. The number of aliphatic hydroxyl groups is 1. The van der Waals surface area contributed by atoms with Crippen LogP contribution in [0.3, 0.4) is 0 Å². The van der Waals surface area contributed by atoms with Crippen molar-refractivity contribution < 1.29 is 5.11 Å². The van der Waals surface area contributed by atoms with E-state index < -0.39 is 0 Å². The van der Waals surface area contributed by atoms with Gasteiger partial charge in [0, 0.05) is 6.54 Å². The van der Waals surface area contributed by atoms with E-state index in [4.69, 9.17) is 5.11 Å². The van der Waals surface area contributed by atoms with Gasteiger partial charge in [-0.3, -0.25) is 0 Å². The predicted molar refractivity (Wildman–Crippen MR) is 127 cm³/mol. The van der Waals surface area contributed by atoms with Crippen LogP contribution >= 0.6 is 0 Å². The van der Waals surface area contributed by atoms with Crippen molar-refractivity contribution in [2.75, 3.05) is 19.7 Å². The maximum atomic E-state index is 8.68. The fourth-order valence-electron chi connectivity index (χ4n) is 4.06. The van der Waals surface area contributed by atoms with E-state index in [1.807, 2.05) is 0 Å². The first kappa shape index (κ1) is 27.9. The van der Waals surface area contributed by atoms with Crippen molar-refractivity contribution >= 4 is 0 Å². The quantitative estimate of drug-likeness (QED) is 0.152. The number of hydrogen-bond acceptors (Lipinski definition) is 2. The third-order valence-electron chi connectivity index (χ3n) is 6.00. The zero-order valence-corrected chi connectivity index (χ0v) is 19.6. The predicted octanol–water partition coefficient (Wildman–Crippen LogP) is 8.17. The van der Waals surface area contributed by atoms with Crippen LogP contribution in [-0.2, 0) is 0 Å². The SMILES string of the molecule is CCCCCCCCCCCCCCCCCCCCCCCCNCCO. The molecule has 2 heteroatoms. The number of hydrogen-bond donors (Lipinski definition) is 2. The lowest BCUT2D eigenvalue weighted by molar-refractivity contribution is 0.292. The van der Waals surface area contributed by atoms with Gasteiger partial charge in [0.05, 0.1) is 6.61 Å². The molecule has 0 radical (unpaired) electrons. The van der Waals surface area contributed by atoms with E-state index in [1.54, 1.807) is 0 Å². The van der Waals surface area contributed by atoms with Gasteiger partial charge in [0.15, 0.2) is 0 Å². The standard InChI is InChI=1S/C26H55NO/c1-2-3-4-5-6-7-8-9-10-11-12-13-14-15-16-17-18-19-20-21-22-23-24-27-25-26-28/h27-28H,2-26H2,1H3. The first-order valence-corrected chi connectivity index (χ1v) is 13.2. The molecule has 0 saturated heterocycles. The van der Waals surface area contributed by atoms with E-state index in [2.05, 4.69) is 12.2 Å². The van der Waals surface area contributed by atoms with Gasteiger partial charge in [-0.15, -0.1) is 0 Å². The monoisotopic (exact) mass is 397 g/mol. The normalized spacial score (nSPS) is 11.4. The molecule has 0 saturated carbocycles. The summed E-state index contributed by atoms with van der Waals surface area (Å²) in [5, 5.41) is 11.9. The van der Waals surface area contributed by atoms with E-state index in [-0.39, 0.29) is 6.61 Å². The molecule has 0 heterocycles. The molecule has 0 rings (SSSR count). The summed E-state index contributed by atoms with van der Waals surface area (Å²) in [6, 6.07) is 0. The summed E-state index contributed by atoms with van der Waals surface area (Å²) >= 11 is 0. The van der Waals surface area contributed by atoms with Crippen LogP contribution in [-0.4, -0.2) is 24.8 Å². The van der Waals surface area contributed by atoms with Crippen molar-refractivity contribution in [1.82, 2.24) is 5.32 Å². The molecule has 0 unspecified atom stereocenters. The topological polar surface area (TPSA) is 32.3 Å². The fourth-order valence-corrected chi connectivity index (χ4v) is 4.06. The molecule has 0 amide bonds. The Morgan fingerprint density at radius 1 is 0.393 bits per heavy atom. The number of rotatable bonds is 25. The molecule has 0 aromatic rings. The Labute approximate surface area is 178 Å². The summed E-state index contributed by atoms with van der Waals surface area (Å²) in [5.74, 6) is 0. The molecule has 0 spiro atoms. The van der Waals surface area contributed by atoms with Crippen molar-refractivity contribution in [2.24, 2.45) is 0 Å². The average Bonchev–Trinajstić information content (AvgIpc) is 2.71. The lowest BCUT2D eigenvalue weighted by Gasteiger charge is -2.04. The van der Waals surface area contributed by atoms with Crippen molar-refractivity contribution in [3.8, 4) is 0 Å². The van der Waals surface area contributed by atoms with E-state index in [1.165, 1.54) is 141 Å². The van der Waals surface area contributed by atoms with Crippen LogP contribution in [0.5, 0.6) is 0 Å². The largest absolute Gasteiger partial charge is 0.395 e. The van der Waals surface area contributed by atoms with Gasteiger partial charge in [0.2, 0.25) is 0 Å². The second-order valence-electron chi connectivity index (χ2n) is 8.90. The summed E-state index contributed by atoms with van der Waals surface area (Å²) in [6.07, 6.45) is 31.7. The molecule has 170 valence electrons. The minimum Gasteiger partial charge on any atom is -0.395 e. The summed E-state index contributed by atoms with van der Waals surface area (Å²) in [5.41, 5.74) is 0. The van der Waals surface area contributed by atoms with Crippen molar-refractivity contribution in [3.05, 3.63) is 0 Å². The van der Waals surface area contributed by atoms with E-state index in [0.29, 0.717) is 0 Å². The number of unbranched alkanes of at least 4 members (excludes halogenated alkanes) is 21. The van der Waals surface area contributed by atoms with E-state index >= 15 is 0 Å². The summed E-state index contributed by atoms with van der Waals surface area (Å²) in [4.78, 5) is 0. The van der Waals surface area contributed by atoms with Gasteiger partial charge >= 0.3 is 0 Å². The lowest BCUT2D eigenvalue weighted by atomic mass is 10.0. The van der Waals surface area contributed by atoms with E-state index in [0.717, 1.165) is 13.1 Å². The number of nitrogens with one attached hydrogen (secondary N) is 1. The highest BCUT2D eigenvalue weighted by Gasteiger charge is 1.95. The van der Waals surface area contributed by atoms with E-state index in [9.17, 15) is 0 Å². The van der Waals surface area contributed by atoms with Gasteiger partial charge < -0.3 is 10.4 Å². The Morgan fingerprint density at radius 3 is 0.964 bits per heavy atom. The third kappa shape index (κ3) is 25.9. The van der Waals surface area contributed by atoms with Gasteiger partial charge in [0.1, 0.15) is 0 Å². The highest BCUT2D eigenvalue weighted by molar-refractivity contribution is 4.52. The zero-order chi connectivity index (χ0) is 20.4. The van der Waals surface area contributed by atoms with Crippen LogP contribution in [0.25, 0.3) is 0 Å². The van der Waals surface area contributed by atoms with Gasteiger partial charge in [0.25, 0.3) is 0 Å². The molecule has 0 aliphatic heterocycles. The molecule has 28 heavy (non-hydrogen) atoms. The van der Waals surface area contributed by atoms with Crippen LogP contribution < -0.4 is 5.32 Å². The summed E-state index contributed by atoms with van der Waals surface area (Å²) in [6.45, 7) is 4.38. The van der Waals surface area contributed by atoms with Crippen LogP contribution in [0.4, 0.5) is 0 Å². The Morgan fingerprint density at radius 2 is 0.679 bits per heavy atom. The molecule has 0 fully saturated rings. The van der Waals surface area contributed by atoms with Crippen LogP contribution in [0.2, 0.25) is 0 Å². The molecule has 0 bridgehead atoms. The van der Waals surface area contributed by atoms with Crippen LogP contribution in [0.1, 0.15) is 148 Å². The Balaban J connectivity index is 2.96. The first-order chi connectivity index (χ1) is 13.9. The molecule has 2 N–H and O–H groups in total. The molecule has 0 aromatic heterocycles. The Kier molecular flexibility index (Phi) is 26.8. The van der Waals surface area contributed by atoms with Crippen LogP contribution in [0.15, 0.2) is 0 Å². The molecule has 2 nitrogen and oxygen atoms in total. The maximum absolute atomic E-state index is 8.68. The average molecular weight is 398 g/mol. The Hall–Kier alpha value is -0.0800. The molecule has 0 aliphatic rings. The molecular weight excluding hydrogens is 342 g/mol. The van der Waals surface area contributed by atoms with Crippen LogP contribution in [0, 0.1) is 0 Å². The molecule has 0 atom stereocenters. The minimum atomic E-state index is 0.263. The maximum Gasteiger partial charge on any atom is 0.0555 e. The summed E-state index contributed by atoms with van der Waals surface area (Å²) in [7, 11) is 0. The van der Waals surface area contributed by atoms with Gasteiger partial charge in [-0.25, -0.2) is 0 Å². The highest BCUT2D eigenvalue weighted by Crippen LogP contribution is 2.15. The van der Waals surface area contributed by atoms with Crippen molar-refractivity contribution in [2.45, 2.75) is 148 Å².